The number of benzene rings is 1. The number of para-hydroxylation sites is 1. The van der Waals surface area contributed by atoms with Gasteiger partial charge in [-0.25, -0.2) is 9.59 Å². The van der Waals surface area contributed by atoms with Crippen LogP contribution in [-0.4, -0.2) is 103 Å². The number of ketones is 1. The molecule has 10 atom stereocenters. The number of Topliss-reactive ketones (excluding diaryl/α,β-unsaturated/α-hetero) is 1. The van der Waals surface area contributed by atoms with E-state index in [-0.39, 0.29) is 44.0 Å². The standard InChI is InChI=1S/C39H53N3O10/c1-23-14-15-32(51-33-19-29(42(6)7)17-25(3)49-33)39(5,20-24(2)35(43)26(4)34-31(22-48-36(23)44)50-37(45)41-34)52-38(46)47-16-10-11-27-18-28-12-8-9-13-30(28)40-21-27/h8-13,18,21,23-26,29,31-34H,14-17,19-20,22H2,1-7H3,(H,41,45)/b11-10+/t23-,24-,25?,26?,29?,31?,32?,33?,34?,39-/m1/s1. The molecule has 0 radical (unpaired) electrons. The van der Waals surface area contributed by atoms with Crippen molar-refractivity contribution >= 4 is 41.0 Å². The number of cyclic esters (lactones) is 1. The molecule has 7 unspecified atom stereocenters. The minimum absolute atomic E-state index is 0.0712. The second-order valence-corrected chi connectivity index (χ2v) is 14.9. The number of ether oxygens (including phenoxy) is 6. The minimum Gasteiger partial charge on any atom is -0.461 e. The van der Waals surface area contributed by atoms with E-state index in [4.69, 9.17) is 28.4 Å². The van der Waals surface area contributed by atoms with E-state index < -0.39 is 66.1 Å². The molecule has 3 aliphatic heterocycles. The number of pyridine rings is 1. The normalized spacial score (nSPS) is 33.5. The molecular formula is C39H53N3O10. The average molecular weight is 724 g/mol. The first-order chi connectivity index (χ1) is 24.7. The van der Waals surface area contributed by atoms with Crippen LogP contribution < -0.4 is 5.32 Å². The predicted molar refractivity (Wildman–Crippen MR) is 192 cm³/mol. The van der Waals surface area contributed by atoms with Gasteiger partial charge < -0.3 is 38.6 Å². The van der Waals surface area contributed by atoms with Crippen molar-refractivity contribution in [3.8, 4) is 0 Å². The van der Waals surface area contributed by atoms with Crippen LogP contribution in [0.3, 0.4) is 0 Å². The smallest absolute Gasteiger partial charge is 0.461 e. The summed E-state index contributed by atoms with van der Waals surface area (Å²) in [6, 6.07) is 9.27. The van der Waals surface area contributed by atoms with Gasteiger partial charge in [-0.05, 0) is 77.4 Å². The summed E-state index contributed by atoms with van der Waals surface area (Å²) in [4.78, 5) is 59.4. The monoisotopic (exact) mass is 723 g/mol. The van der Waals surface area contributed by atoms with Gasteiger partial charge >= 0.3 is 18.2 Å². The lowest BCUT2D eigenvalue weighted by molar-refractivity contribution is -0.253. The lowest BCUT2D eigenvalue weighted by Crippen LogP contribution is -2.52. The highest BCUT2D eigenvalue weighted by atomic mass is 16.7. The molecule has 0 aliphatic carbocycles. The van der Waals surface area contributed by atoms with E-state index in [1.807, 2.05) is 57.4 Å². The Hall–Kier alpha value is -4.07. The van der Waals surface area contributed by atoms with Crippen molar-refractivity contribution in [1.29, 1.82) is 0 Å². The van der Waals surface area contributed by atoms with Gasteiger partial charge in [0.1, 0.15) is 30.7 Å². The highest BCUT2D eigenvalue weighted by Gasteiger charge is 2.48. The van der Waals surface area contributed by atoms with Gasteiger partial charge in [-0.1, -0.05) is 45.0 Å². The maximum Gasteiger partial charge on any atom is 0.509 e. The summed E-state index contributed by atoms with van der Waals surface area (Å²) in [5, 5.41) is 3.70. The number of carbonyl (C=O) groups excluding carboxylic acids is 4. The molecule has 5 rings (SSSR count). The molecule has 52 heavy (non-hydrogen) atoms. The van der Waals surface area contributed by atoms with Crippen LogP contribution >= 0.6 is 0 Å². The van der Waals surface area contributed by atoms with Gasteiger partial charge in [-0.2, -0.15) is 0 Å². The van der Waals surface area contributed by atoms with E-state index in [0.29, 0.717) is 12.8 Å². The third-order valence-electron chi connectivity index (χ3n) is 10.5. The fourth-order valence-electron chi connectivity index (χ4n) is 7.44. The zero-order chi connectivity index (χ0) is 37.6. The number of rotatable bonds is 7. The van der Waals surface area contributed by atoms with Crippen molar-refractivity contribution in [2.75, 3.05) is 27.3 Å². The zero-order valence-electron chi connectivity index (χ0n) is 31.2. The number of hydrogen-bond acceptors (Lipinski definition) is 12. The summed E-state index contributed by atoms with van der Waals surface area (Å²) in [6.45, 7) is 8.71. The first kappa shape index (κ1) is 39.1. The molecule has 3 fully saturated rings. The molecule has 13 heteroatoms. The van der Waals surface area contributed by atoms with Gasteiger partial charge in [0.25, 0.3) is 0 Å². The summed E-state index contributed by atoms with van der Waals surface area (Å²) in [5.74, 6) is -2.54. The van der Waals surface area contributed by atoms with E-state index in [1.165, 1.54) is 0 Å². The molecule has 3 saturated heterocycles. The first-order valence-corrected chi connectivity index (χ1v) is 18.2. The number of nitrogens with one attached hydrogen (secondary N) is 1. The van der Waals surface area contributed by atoms with Crippen LogP contribution in [-0.2, 0) is 38.0 Å². The Kier molecular flexibility index (Phi) is 12.9. The van der Waals surface area contributed by atoms with Crippen molar-refractivity contribution in [3.05, 3.63) is 48.2 Å². The van der Waals surface area contributed by atoms with Crippen molar-refractivity contribution in [2.45, 2.75) is 109 Å². The van der Waals surface area contributed by atoms with Crippen LogP contribution in [0.5, 0.6) is 0 Å². The third kappa shape index (κ3) is 9.87. The van der Waals surface area contributed by atoms with Crippen LogP contribution in [0.1, 0.15) is 72.3 Å². The number of amides is 1. The number of carbonyl (C=O) groups is 4. The predicted octanol–water partition coefficient (Wildman–Crippen LogP) is 5.68. The fourth-order valence-corrected chi connectivity index (χ4v) is 7.44. The van der Waals surface area contributed by atoms with E-state index in [0.717, 1.165) is 22.9 Å². The lowest BCUT2D eigenvalue weighted by atomic mass is 9.79. The van der Waals surface area contributed by atoms with E-state index >= 15 is 0 Å². The van der Waals surface area contributed by atoms with E-state index in [2.05, 4.69) is 15.2 Å². The average Bonchev–Trinajstić information content (AvgIpc) is 3.49. The van der Waals surface area contributed by atoms with E-state index in [9.17, 15) is 19.2 Å². The van der Waals surface area contributed by atoms with Crippen LogP contribution in [0.25, 0.3) is 17.0 Å². The highest BCUT2D eigenvalue weighted by Crippen LogP contribution is 2.36. The van der Waals surface area contributed by atoms with Gasteiger partial charge in [0.15, 0.2) is 12.4 Å². The molecule has 3 aliphatic rings. The van der Waals surface area contributed by atoms with Crippen LogP contribution in [0.2, 0.25) is 0 Å². The number of nitrogens with zero attached hydrogens (tertiary/aromatic N) is 2. The zero-order valence-corrected chi connectivity index (χ0v) is 31.2. The van der Waals surface area contributed by atoms with Gasteiger partial charge in [0.05, 0.1) is 23.6 Å². The molecule has 1 N–H and O–H groups in total. The second kappa shape index (κ2) is 17.2. The molecule has 0 spiro atoms. The maximum absolute atomic E-state index is 14.0. The van der Waals surface area contributed by atoms with Crippen LogP contribution in [0, 0.1) is 17.8 Å². The third-order valence-corrected chi connectivity index (χ3v) is 10.5. The Morgan fingerprint density at radius 3 is 2.62 bits per heavy atom. The summed E-state index contributed by atoms with van der Waals surface area (Å²) < 4.78 is 35.6. The summed E-state index contributed by atoms with van der Waals surface area (Å²) in [7, 11) is 4.03. The summed E-state index contributed by atoms with van der Waals surface area (Å²) >= 11 is 0. The number of aromatic nitrogens is 1. The van der Waals surface area contributed by atoms with Gasteiger partial charge in [0.2, 0.25) is 0 Å². The molecule has 1 aromatic carbocycles. The molecular weight excluding hydrogens is 670 g/mol. The molecule has 2 aromatic rings. The SMILES string of the molecule is CC1CC(N(C)C)CC(OC2CC[C@@H](C)C(=O)OCC3OC(=O)NC3C(C)C(=O)[C@H](C)C[C@@]2(C)OC(=O)OC/C=C/c2cnc3ccccc3c2)O1. The molecule has 13 nitrogen and oxygen atoms in total. The van der Waals surface area contributed by atoms with Gasteiger partial charge in [0, 0.05) is 35.9 Å². The lowest BCUT2D eigenvalue weighted by Gasteiger charge is -2.43. The number of esters is 1. The van der Waals surface area contributed by atoms with Crippen molar-refractivity contribution < 1.29 is 47.6 Å². The Morgan fingerprint density at radius 2 is 1.85 bits per heavy atom. The molecule has 4 heterocycles. The molecule has 0 bridgehead atoms. The maximum atomic E-state index is 14.0. The summed E-state index contributed by atoms with van der Waals surface area (Å²) in [6.07, 6.45) is 3.42. The molecule has 1 amide bonds. The van der Waals surface area contributed by atoms with Gasteiger partial charge in [-0.15, -0.1) is 0 Å². The number of alkyl carbamates (subject to hydrolysis) is 1. The minimum atomic E-state index is -1.39. The summed E-state index contributed by atoms with van der Waals surface area (Å²) in [5.41, 5.74) is 0.338. The molecule has 0 saturated carbocycles. The van der Waals surface area contributed by atoms with E-state index in [1.54, 1.807) is 40.0 Å². The second-order valence-electron chi connectivity index (χ2n) is 14.9. The van der Waals surface area contributed by atoms with Crippen molar-refractivity contribution in [3.63, 3.8) is 0 Å². The number of hydrogen-bond donors (Lipinski definition) is 1. The number of fused-ring (bicyclic) bond motifs is 2. The van der Waals surface area contributed by atoms with Crippen LogP contribution in [0.4, 0.5) is 9.59 Å². The fraction of sp³-hybridized carbons (Fsp3) is 0.615. The highest BCUT2D eigenvalue weighted by molar-refractivity contribution is 5.85. The quantitative estimate of drug-likeness (QED) is 0.276. The molecule has 1 aromatic heterocycles. The van der Waals surface area contributed by atoms with Crippen molar-refractivity contribution in [2.24, 2.45) is 17.8 Å². The van der Waals surface area contributed by atoms with Crippen LogP contribution in [0.15, 0.2) is 42.6 Å². The Bertz CT molecular complexity index is 1620. The topological polar surface area (TPSA) is 152 Å². The van der Waals surface area contributed by atoms with Gasteiger partial charge in [-0.3, -0.25) is 14.6 Å². The Balaban J connectivity index is 1.39. The first-order valence-electron chi connectivity index (χ1n) is 18.2. The van der Waals surface area contributed by atoms with Crippen molar-refractivity contribution in [1.82, 2.24) is 15.2 Å². The molecule has 284 valence electrons. The Morgan fingerprint density at radius 1 is 1.08 bits per heavy atom. The Labute approximate surface area is 305 Å². The largest absolute Gasteiger partial charge is 0.509 e.